The number of amides is 2. The Kier molecular flexibility index (Phi) is 11.5. The van der Waals surface area contributed by atoms with Crippen LogP contribution >= 0.6 is 11.6 Å². The molecule has 0 radical (unpaired) electrons. The monoisotopic (exact) mass is 629 g/mol. The molecule has 2 amide bonds. The number of aryl methyl sites for hydroxylation is 2. The van der Waals surface area contributed by atoms with E-state index in [0.29, 0.717) is 22.9 Å². The quantitative estimate of drug-likeness (QED) is 0.268. The summed E-state index contributed by atoms with van der Waals surface area (Å²) < 4.78 is 40.2. The Balaban J connectivity index is 2.10. The van der Waals surface area contributed by atoms with Crippen molar-refractivity contribution >= 4 is 39.1 Å². The number of hydrogen-bond acceptors (Lipinski definition) is 6. The number of benzene rings is 3. The highest BCUT2D eigenvalue weighted by Crippen LogP contribution is 2.33. The molecule has 0 aliphatic carbocycles. The number of nitrogens with zero attached hydrogens (tertiary/aromatic N) is 2. The summed E-state index contributed by atoms with van der Waals surface area (Å²) in [5, 5.41) is 3.46. The number of carbonyl (C=O) groups is 2. The van der Waals surface area contributed by atoms with E-state index in [4.69, 9.17) is 21.1 Å². The minimum atomic E-state index is -4.29. The normalized spacial score (nSPS) is 12.7. The van der Waals surface area contributed by atoms with Crippen LogP contribution in [0, 0.1) is 13.8 Å². The first-order chi connectivity index (χ1) is 20.3. The molecule has 0 saturated carbocycles. The maximum Gasteiger partial charge on any atom is 0.264 e. The zero-order chi connectivity index (χ0) is 31.9. The molecule has 0 aliphatic heterocycles. The third-order valence-electron chi connectivity index (χ3n) is 7.15. The smallest absolute Gasteiger partial charge is 0.264 e. The Morgan fingerprint density at radius 1 is 0.907 bits per heavy atom. The Bertz CT molecular complexity index is 1520. The van der Waals surface area contributed by atoms with Crippen LogP contribution in [0.15, 0.2) is 65.6 Å². The van der Waals surface area contributed by atoms with Crippen molar-refractivity contribution in [3.63, 3.8) is 0 Å². The van der Waals surface area contributed by atoms with Gasteiger partial charge in [-0.1, -0.05) is 36.7 Å². The largest absolute Gasteiger partial charge is 0.493 e. The van der Waals surface area contributed by atoms with E-state index in [1.165, 1.54) is 37.3 Å². The second kappa shape index (κ2) is 14.6. The van der Waals surface area contributed by atoms with Crippen molar-refractivity contribution in [2.45, 2.75) is 64.6 Å². The summed E-state index contributed by atoms with van der Waals surface area (Å²) in [6.45, 7) is 8.70. The number of sulfonamides is 1. The second-order valence-corrected chi connectivity index (χ2v) is 12.8. The molecule has 3 aromatic rings. The van der Waals surface area contributed by atoms with E-state index in [1.54, 1.807) is 43.3 Å². The number of nitrogens with one attached hydrogen (secondary N) is 1. The van der Waals surface area contributed by atoms with Gasteiger partial charge in [0.15, 0.2) is 11.5 Å². The van der Waals surface area contributed by atoms with E-state index in [1.807, 2.05) is 33.8 Å². The van der Waals surface area contributed by atoms with Crippen molar-refractivity contribution in [3.05, 3.63) is 82.4 Å². The van der Waals surface area contributed by atoms with Crippen LogP contribution in [-0.2, 0) is 26.2 Å². The van der Waals surface area contributed by atoms with E-state index < -0.39 is 28.5 Å². The molecular formula is C32H40ClN3O6S. The van der Waals surface area contributed by atoms with E-state index in [9.17, 15) is 18.0 Å². The van der Waals surface area contributed by atoms with Gasteiger partial charge in [0.2, 0.25) is 11.8 Å². The molecule has 0 fully saturated rings. The molecule has 2 atom stereocenters. The topological polar surface area (TPSA) is 105 Å². The molecule has 0 aliphatic rings. The Morgan fingerprint density at radius 2 is 1.51 bits per heavy atom. The summed E-state index contributed by atoms with van der Waals surface area (Å²) >= 11 is 6.07. The van der Waals surface area contributed by atoms with Gasteiger partial charge in [-0.15, -0.1) is 0 Å². The maximum atomic E-state index is 14.2. The third kappa shape index (κ3) is 8.42. The molecular weight excluding hydrogens is 590 g/mol. The molecule has 0 unspecified atom stereocenters. The fourth-order valence-electron chi connectivity index (χ4n) is 4.56. The summed E-state index contributed by atoms with van der Waals surface area (Å²) in [5.41, 5.74) is 2.72. The lowest BCUT2D eigenvalue weighted by molar-refractivity contribution is -0.139. The zero-order valence-corrected chi connectivity index (χ0v) is 27.3. The van der Waals surface area contributed by atoms with Crippen LogP contribution in [0.2, 0.25) is 5.02 Å². The van der Waals surface area contributed by atoms with Crippen molar-refractivity contribution in [2.75, 3.05) is 25.1 Å². The van der Waals surface area contributed by atoms with E-state index in [0.717, 1.165) is 21.0 Å². The van der Waals surface area contributed by atoms with Crippen LogP contribution in [0.4, 0.5) is 5.69 Å². The first-order valence-corrected chi connectivity index (χ1v) is 15.8. The minimum Gasteiger partial charge on any atom is -0.493 e. The van der Waals surface area contributed by atoms with Crippen molar-refractivity contribution in [1.29, 1.82) is 0 Å². The number of methoxy groups -OCH3 is 2. The molecule has 0 heterocycles. The maximum absolute atomic E-state index is 14.2. The first kappa shape index (κ1) is 33.7. The van der Waals surface area contributed by atoms with Crippen LogP contribution in [-0.4, -0.2) is 58.0 Å². The van der Waals surface area contributed by atoms with Crippen molar-refractivity contribution in [1.82, 2.24) is 10.2 Å². The average Bonchev–Trinajstić information content (AvgIpc) is 2.97. The molecule has 232 valence electrons. The van der Waals surface area contributed by atoms with Crippen molar-refractivity contribution < 1.29 is 27.5 Å². The summed E-state index contributed by atoms with van der Waals surface area (Å²) in [6.07, 6.45) is 0.716. The lowest BCUT2D eigenvalue weighted by atomic mass is 10.1. The molecule has 3 aromatic carbocycles. The van der Waals surface area contributed by atoms with E-state index >= 15 is 0 Å². The van der Waals surface area contributed by atoms with Gasteiger partial charge in [0.1, 0.15) is 12.6 Å². The zero-order valence-electron chi connectivity index (χ0n) is 25.7. The molecule has 1 N–H and O–H groups in total. The molecule has 0 spiro atoms. The number of halogens is 1. The number of anilines is 1. The molecule has 0 saturated heterocycles. The predicted octanol–water partition coefficient (Wildman–Crippen LogP) is 5.50. The highest BCUT2D eigenvalue weighted by atomic mass is 35.5. The standard InChI is InChI=1S/C32H40ClN3O6S/c1-8-23(4)34-32(38)24(5)35(19-25-9-11-26(33)12-10-25)31(37)20-36(27-16-21(2)15-22(3)17-27)43(39,40)28-13-14-29(41-6)30(18-28)42-7/h9-18,23-24H,8,19-20H2,1-7H3,(H,34,38)/t23-,24+/m1/s1. The molecule has 9 nitrogen and oxygen atoms in total. The highest BCUT2D eigenvalue weighted by molar-refractivity contribution is 7.92. The second-order valence-electron chi connectivity index (χ2n) is 10.5. The molecule has 0 aromatic heterocycles. The van der Waals surface area contributed by atoms with Crippen LogP contribution in [0.3, 0.4) is 0 Å². The lowest BCUT2D eigenvalue weighted by Crippen LogP contribution is -2.52. The van der Waals surface area contributed by atoms with Gasteiger partial charge in [-0.05, 0) is 87.2 Å². The van der Waals surface area contributed by atoms with Crippen LogP contribution < -0.4 is 19.1 Å². The predicted molar refractivity (Wildman–Crippen MR) is 169 cm³/mol. The van der Waals surface area contributed by atoms with Crippen LogP contribution in [0.1, 0.15) is 43.9 Å². The Labute approximate surface area is 259 Å². The summed E-state index contributed by atoms with van der Waals surface area (Å²) in [6, 6.07) is 15.6. The van der Waals surface area contributed by atoms with Crippen LogP contribution in [0.25, 0.3) is 0 Å². The Hall–Kier alpha value is -3.76. The van der Waals surface area contributed by atoms with Crippen molar-refractivity contribution in [2.24, 2.45) is 0 Å². The molecule has 0 bridgehead atoms. The SMILES string of the molecule is CC[C@@H](C)NC(=O)[C@H](C)N(Cc1ccc(Cl)cc1)C(=O)CN(c1cc(C)cc(C)c1)S(=O)(=O)c1ccc(OC)c(OC)c1. The van der Waals surface area contributed by atoms with E-state index in [2.05, 4.69) is 5.32 Å². The van der Waals surface area contributed by atoms with Gasteiger partial charge in [-0.3, -0.25) is 13.9 Å². The summed E-state index contributed by atoms with van der Waals surface area (Å²) in [5.74, 6) is -0.289. The number of rotatable bonds is 13. The van der Waals surface area contributed by atoms with Crippen molar-refractivity contribution in [3.8, 4) is 11.5 Å². The minimum absolute atomic E-state index is 0.0716. The van der Waals surface area contributed by atoms with Gasteiger partial charge in [-0.2, -0.15) is 0 Å². The highest BCUT2D eigenvalue weighted by Gasteiger charge is 2.33. The van der Waals surface area contributed by atoms with Gasteiger partial charge >= 0.3 is 0 Å². The lowest BCUT2D eigenvalue weighted by Gasteiger charge is -2.32. The molecule has 43 heavy (non-hydrogen) atoms. The molecule has 11 heteroatoms. The summed E-state index contributed by atoms with van der Waals surface area (Å²) in [4.78, 5) is 28.7. The van der Waals surface area contributed by atoms with Gasteiger partial charge in [0.25, 0.3) is 10.0 Å². The molecule has 3 rings (SSSR count). The van der Waals surface area contributed by atoms with Crippen LogP contribution in [0.5, 0.6) is 11.5 Å². The fraction of sp³-hybridized carbons (Fsp3) is 0.375. The fourth-order valence-corrected chi connectivity index (χ4v) is 6.10. The first-order valence-electron chi connectivity index (χ1n) is 14.0. The van der Waals surface area contributed by atoms with E-state index in [-0.39, 0.29) is 29.1 Å². The number of carbonyl (C=O) groups excluding carboxylic acids is 2. The van der Waals surface area contributed by atoms with Gasteiger partial charge < -0.3 is 19.7 Å². The average molecular weight is 630 g/mol. The van der Waals surface area contributed by atoms with Gasteiger partial charge in [-0.25, -0.2) is 8.42 Å². The van der Waals surface area contributed by atoms with Gasteiger partial charge in [0, 0.05) is 23.7 Å². The Morgan fingerprint density at radius 3 is 2.07 bits per heavy atom. The van der Waals surface area contributed by atoms with Gasteiger partial charge in [0.05, 0.1) is 24.8 Å². The number of ether oxygens (including phenoxy) is 2. The summed E-state index contributed by atoms with van der Waals surface area (Å²) in [7, 11) is -1.41. The third-order valence-corrected chi connectivity index (χ3v) is 9.17. The number of hydrogen-bond donors (Lipinski definition) is 1.